The molecule has 3 rings (SSSR count). The number of carbonyl (C=O) groups excluding carboxylic acids is 1. The third-order valence-electron chi connectivity index (χ3n) is 7.10. The Labute approximate surface area is 163 Å². The van der Waals surface area contributed by atoms with Crippen LogP contribution in [0.5, 0.6) is 0 Å². The van der Waals surface area contributed by atoms with E-state index in [9.17, 15) is 14.7 Å². The number of carboxylic acids is 1. The van der Waals surface area contributed by atoms with Gasteiger partial charge in [0.05, 0.1) is 12.0 Å². The largest absolute Gasteiger partial charge is 0.481 e. The van der Waals surface area contributed by atoms with Gasteiger partial charge in [-0.15, -0.1) is 0 Å². The van der Waals surface area contributed by atoms with Gasteiger partial charge in [-0.25, -0.2) is 0 Å². The van der Waals surface area contributed by atoms with Gasteiger partial charge in [0.25, 0.3) is 0 Å². The van der Waals surface area contributed by atoms with Crippen LogP contribution in [-0.2, 0) is 14.3 Å². The van der Waals surface area contributed by atoms with Crippen molar-refractivity contribution in [2.45, 2.75) is 83.7 Å². The van der Waals surface area contributed by atoms with Crippen LogP contribution < -0.4 is 0 Å². The molecule has 5 heteroatoms. The van der Waals surface area contributed by atoms with Gasteiger partial charge in [-0.05, 0) is 43.9 Å². The minimum atomic E-state index is -0.730. The van der Waals surface area contributed by atoms with Crippen molar-refractivity contribution in [2.75, 3.05) is 19.7 Å². The molecule has 2 unspecified atom stereocenters. The lowest BCUT2D eigenvalue weighted by Crippen LogP contribution is -2.45. The maximum absolute atomic E-state index is 13.2. The van der Waals surface area contributed by atoms with Crippen LogP contribution in [-0.4, -0.2) is 47.7 Å². The van der Waals surface area contributed by atoms with Crippen molar-refractivity contribution in [3.63, 3.8) is 0 Å². The molecule has 2 heterocycles. The van der Waals surface area contributed by atoms with Crippen molar-refractivity contribution in [1.29, 1.82) is 0 Å². The summed E-state index contributed by atoms with van der Waals surface area (Å²) >= 11 is 0. The molecule has 0 spiro atoms. The lowest BCUT2D eigenvalue weighted by molar-refractivity contribution is -0.146. The number of hydrogen-bond acceptors (Lipinski definition) is 3. The van der Waals surface area contributed by atoms with Crippen LogP contribution in [0.3, 0.4) is 0 Å². The van der Waals surface area contributed by atoms with Gasteiger partial charge in [0.15, 0.2) is 0 Å². The summed E-state index contributed by atoms with van der Waals surface area (Å²) in [7, 11) is 0. The van der Waals surface area contributed by atoms with Gasteiger partial charge < -0.3 is 14.7 Å². The van der Waals surface area contributed by atoms with E-state index in [0.29, 0.717) is 18.9 Å². The molecule has 3 fully saturated rings. The molecule has 0 radical (unpaired) electrons. The zero-order chi connectivity index (χ0) is 19.2. The van der Waals surface area contributed by atoms with Crippen LogP contribution in [0.1, 0.15) is 77.6 Å². The molecular formula is C22H37NO4. The molecule has 27 heavy (non-hydrogen) atoms. The summed E-state index contributed by atoms with van der Waals surface area (Å²) in [4.78, 5) is 26.7. The van der Waals surface area contributed by atoms with E-state index in [0.717, 1.165) is 51.1 Å². The number of hydrogen-bond donors (Lipinski definition) is 1. The highest BCUT2D eigenvalue weighted by Gasteiger charge is 2.41. The third kappa shape index (κ3) is 5.24. The van der Waals surface area contributed by atoms with Crippen molar-refractivity contribution >= 4 is 11.9 Å². The normalized spacial score (nSPS) is 29.0. The summed E-state index contributed by atoms with van der Waals surface area (Å²) in [5.41, 5.74) is 0. The van der Waals surface area contributed by atoms with Crippen molar-refractivity contribution in [1.82, 2.24) is 4.90 Å². The molecule has 1 amide bonds. The summed E-state index contributed by atoms with van der Waals surface area (Å²) in [6, 6.07) is 0. The first-order chi connectivity index (χ1) is 13.1. The molecule has 1 aliphatic carbocycles. The molecule has 0 bridgehead atoms. The third-order valence-corrected chi connectivity index (χ3v) is 7.10. The lowest BCUT2D eigenvalue weighted by Gasteiger charge is -2.37. The van der Waals surface area contributed by atoms with Crippen molar-refractivity contribution < 1.29 is 19.4 Å². The number of aliphatic carboxylic acids is 1. The van der Waals surface area contributed by atoms with Crippen LogP contribution >= 0.6 is 0 Å². The minimum absolute atomic E-state index is 0.159. The van der Waals surface area contributed by atoms with E-state index in [1.807, 2.05) is 0 Å². The topological polar surface area (TPSA) is 66.8 Å². The Bertz CT molecular complexity index is 495. The highest BCUT2D eigenvalue weighted by atomic mass is 16.5. The maximum atomic E-state index is 13.2. The second-order valence-corrected chi connectivity index (χ2v) is 8.96. The average molecular weight is 380 g/mol. The number of carboxylic acid groups (broad SMARTS) is 1. The molecule has 0 aromatic heterocycles. The molecule has 1 saturated carbocycles. The zero-order valence-electron chi connectivity index (χ0n) is 16.9. The smallest absolute Gasteiger partial charge is 0.309 e. The number of likely N-dealkylation sites (tertiary alicyclic amines) is 1. The van der Waals surface area contributed by atoms with Crippen LogP contribution in [0.15, 0.2) is 0 Å². The number of nitrogens with zero attached hydrogens (tertiary/aromatic N) is 1. The highest BCUT2D eigenvalue weighted by molar-refractivity contribution is 5.79. The van der Waals surface area contributed by atoms with Crippen molar-refractivity contribution in [2.24, 2.45) is 23.7 Å². The first-order valence-corrected chi connectivity index (χ1v) is 11.2. The quantitative estimate of drug-likeness (QED) is 0.723. The van der Waals surface area contributed by atoms with E-state index in [1.165, 1.54) is 32.1 Å². The molecule has 2 aliphatic heterocycles. The van der Waals surface area contributed by atoms with Crippen LogP contribution in [0, 0.1) is 23.7 Å². The van der Waals surface area contributed by atoms with E-state index in [2.05, 4.69) is 11.8 Å². The summed E-state index contributed by atoms with van der Waals surface area (Å²) in [5, 5.41) is 9.40. The zero-order valence-corrected chi connectivity index (χ0v) is 16.9. The SMILES string of the molecule is CCCC(CC1CCCCC1)C(=O)N1CCC([C@@H]2OCCC2C(=O)O)CC1. The number of carbonyl (C=O) groups is 2. The Morgan fingerprint density at radius 3 is 2.41 bits per heavy atom. The molecule has 154 valence electrons. The Kier molecular flexibility index (Phi) is 7.57. The maximum Gasteiger partial charge on any atom is 0.309 e. The first kappa shape index (κ1) is 20.6. The number of amides is 1. The van der Waals surface area contributed by atoms with Gasteiger partial charge in [-0.1, -0.05) is 45.4 Å². The Balaban J connectivity index is 1.52. The van der Waals surface area contributed by atoms with Crippen LogP contribution in [0.2, 0.25) is 0 Å². The fourth-order valence-electron chi connectivity index (χ4n) is 5.56. The molecule has 1 N–H and O–H groups in total. The second-order valence-electron chi connectivity index (χ2n) is 8.96. The number of ether oxygens (including phenoxy) is 1. The van der Waals surface area contributed by atoms with Crippen molar-refractivity contribution in [3.8, 4) is 0 Å². The summed E-state index contributed by atoms with van der Waals surface area (Å²) in [6.07, 6.45) is 12.0. The predicted octanol–water partition coefficient (Wildman–Crippen LogP) is 4.10. The molecule has 2 saturated heterocycles. The van der Waals surface area contributed by atoms with E-state index >= 15 is 0 Å². The Hall–Kier alpha value is -1.10. The fraction of sp³-hybridized carbons (Fsp3) is 0.909. The van der Waals surface area contributed by atoms with E-state index < -0.39 is 5.97 Å². The Morgan fingerprint density at radius 1 is 1.07 bits per heavy atom. The van der Waals surface area contributed by atoms with Gasteiger partial charge in [-0.3, -0.25) is 9.59 Å². The summed E-state index contributed by atoms with van der Waals surface area (Å²) in [5.74, 6) is 0.454. The van der Waals surface area contributed by atoms with Gasteiger partial charge in [-0.2, -0.15) is 0 Å². The van der Waals surface area contributed by atoms with E-state index in [1.54, 1.807) is 0 Å². The van der Waals surface area contributed by atoms with Gasteiger partial charge in [0.1, 0.15) is 0 Å². The van der Waals surface area contributed by atoms with E-state index in [4.69, 9.17) is 4.74 Å². The van der Waals surface area contributed by atoms with Gasteiger partial charge in [0, 0.05) is 25.6 Å². The van der Waals surface area contributed by atoms with Gasteiger partial charge in [0.2, 0.25) is 5.91 Å². The van der Waals surface area contributed by atoms with Crippen LogP contribution in [0.25, 0.3) is 0 Å². The molecule has 3 atom stereocenters. The van der Waals surface area contributed by atoms with Crippen molar-refractivity contribution in [3.05, 3.63) is 0 Å². The Morgan fingerprint density at radius 2 is 1.78 bits per heavy atom. The standard InChI is InChI=1S/C22H37NO4/c1-2-6-18(15-16-7-4-3-5-8-16)21(24)23-12-9-17(10-13-23)20-19(22(25)26)11-14-27-20/h16-20H,2-15H2,1H3,(H,25,26)/t18?,19?,20-/m0/s1. The van der Waals surface area contributed by atoms with Gasteiger partial charge >= 0.3 is 5.97 Å². The monoisotopic (exact) mass is 379 g/mol. The molecule has 3 aliphatic rings. The molecular weight excluding hydrogens is 342 g/mol. The first-order valence-electron chi connectivity index (χ1n) is 11.2. The number of piperidine rings is 1. The molecule has 0 aromatic rings. The average Bonchev–Trinajstić information content (AvgIpc) is 3.18. The molecule has 5 nitrogen and oxygen atoms in total. The molecule has 0 aromatic carbocycles. The fourth-order valence-corrected chi connectivity index (χ4v) is 5.56. The highest BCUT2D eigenvalue weighted by Crippen LogP contribution is 2.35. The summed E-state index contributed by atoms with van der Waals surface area (Å²) < 4.78 is 5.76. The van der Waals surface area contributed by atoms with Crippen LogP contribution in [0.4, 0.5) is 0 Å². The summed E-state index contributed by atoms with van der Waals surface area (Å²) in [6.45, 7) is 4.26. The second kappa shape index (κ2) is 9.90. The minimum Gasteiger partial charge on any atom is -0.481 e. The van der Waals surface area contributed by atoms with E-state index in [-0.39, 0.29) is 23.9 Å². The predicted molar refractivity (Wildman–Crippen MR) is 104 cm³/mol. The lowest BCUT2D eigenvalue weighted by atomic mass is 9.80. The number of rotatable bonds is 7.